The van der Waals surface area contributed by atoms with Crippen LogP contribution in [0.3, 0.4) is 0 Å². The zero-order valence-corrected chi connectivity index (χ0v) is 57.9. The number of benzene rings is 3. The molecule has 0 radical (unpaired) electrons. The quantitative estimate of drug-likeness (QED) is 0.0603. The summed E-state index contributed by atoms with van der Waals surface area (Å²) in [6.07, 6.45) is 21.4. The first-order valence-corrected chi connectivity index (χ1v) is 34.4. The van der Waals surface area contributed by atoms with Gasteiger partial charge in [0.05, 0.1) is 67.0 Å². The average Bonchev–Trinajstić information content (AvgIpc) is 1.55. The first-order valence-electron chi connectivity index (χ1n) is 30.1. The van der Waals surface area contributed by atoms with Gasteiger partial charge >= 0.3 is 0 Å². The lowest BCUT2D eigenvalue weighted by Gasteiger charge is -2.12. The van der Waals surface area contributed by atoms with Gasteiger partial charge in [0.25, 0.3) is 17.7 Å². The molecule has 0 spiro atoms. The molecule has 9 aromatic heterocycles. The van der Waals surface area contributed by atoms with Crippen molar-refractivity contribution in [2.24, 2.45) is 0 Å². The molecule has 0 saturated heterocycles. The van der Waals surface area contributed by atoms with E-state index in [1.54, 1.807) is 134 Å². The highest BCUT2D eigenvalue weighted by molar-refractivity contribution is 7.99. The number of hydrogen-bond donors (Lipinski definition) is 3. The number of anilines is 3. The van der Waals surface area contributed by atoms with Gasteiger partial charge in [0.15, 0.2) is 15.4 Å². The first kappa shape index (κ1) is 68.6. The van der Waals surface area contributed by atoms with Crippen molar-refractivity contribution in [1.82, 2.24) is 59.8 Å². The third-order valence-electron chi connectivity index (χ3n) is 13.8. The summed E-state index contributed by atoms with van der Waals surface area (Å²) >= 11 is 7.33. The van der Waals surface area contributed by atoms with Gasteiger partial charge in [-0.1, -0.05) is 37.4 Å². The van der Waals surface area contributed by atoms with Crippen molar-refractivity contribution in [3.63, 3.8) is 0 Å². The predicted octanol–water partition coefficient (Wildman–Crippen LogP) is 16.6. The van der Waals surface area contributed by atoms with Crippen LogP contribution >= 0.6 is 57.5 Å². The van der Waals surface area contributed by atoms with E-state index in [-0.39, 0.29) is 17.7 Å². The Morgan fingerprint density at radius 1 is 0.417 bits per heavy atom. The van der Waals surface area contributed by atoms with Gasteiger partial charge in [-0.3, -0.25) is 50.3 Å². The molecule has 0 saturated carbocycles. The molecule has 0 aliphatic carbocycles. The molecule has 21 nitrogen and oxygen atoms in total. The Kier molecular flexibility index (Phi) is 23.7. The molecule has 0 unspecified atom stereocenters. The van der Waals surface area contributed by atoms with Gasteiger partial charge in [-0.25, -0.2) is 39.9 Å². The number of aromatic nitrogens is 12. The lowest BCUT2D eigenvalue weighted by atomic mass is 10.0. The lowest BCUT2D eigenvalue weighted by molar-refractivity contribution is 0.101. The highest BCUT2D eigenvalue weighted by Crippen LogP contribution is 2.39. The maximum absolute atomic E-state index is 12.4. The van der Waals surface area contributed by atoms with E-state index in [1.807, 2.05) is 56.0 Å². The normalized spacial score (nSPS) is 10.7. The van der Waals surface area contributed by atoms with Gasteiger partial charge < -0.3 is 14.2 Å². The summed E-state index contributed by atoms with van der Waals surface area (Å²) in [5.74, 6) is 1.44. The molecule has 0 aliphatic rings. The Morgan fingerprint density at radius 2 is 0.750 bits per heavy atom. The minimum Gasteiger partial charge on any atom is -0.477 e. The largest absolute Gasteiger partial charge is 0.477 e. The number of thiazole rings is 3. The summed E-state index contributed by atoms with van der Waals surface area (Å²) in [6, 6.07) is 22.4. The van der Waals surface area contributed by atoms with Gasteiger partial charge in [0.1, 0.15) is 15.8 Å². The van der Waals surface area contributed by atoms with Crippen molar-refractivity contribution >= 4 is 90.7 Å². The fourth-order valence-corrected chi connectivity index (χ4v) is 13.5. The number of ether oxygens (including phenoxy) is 3. The number of carbonyl (C=O) groups excluding carboxylic acids is 3. The zero-order chi connectivity index (χ0) is 67.5. The molecule has 26 heteroatoms. The van der Waals surface area contributed by atoms with Gasteiger partial charge in [0, 0.05) is 103 Å². The fourth-order valence-electron chi connectivity index (χ4n) is 9.59. The summed E-state index contributed by atoms with van der Waals surface area (Å²) in [7, 11) is 0. The standard InChI is InChI=1S/C24H23N5O3S.C24H23N5O2S2.C22H19N5OS2/c1-4-9-31-20-12-27-21(13-26-20)32-18-10-15(2)22(16(3)11-18)19-14-33-24(28-19)29-23(30)17-5-7-25-8-6-17;1-4-9-31-20-12-27-21(13-26-20)33-18-10-15(2)22(16(3)11-18)19-14-32-24(28-19)29-23(30)17-5-7-25-8-6-17;1-13-8-17(30-19-11-24-15(3)10-25-19)9-14(2)20(13)18-12-29-22(26-18)27-21(28)16-4-6-23-7-5-16/h2*5-8,10-14H,4,9H2,1-3H3,(H,28,29,30);4-12H,1-3H3,(H,26,27,28). The fraction of sp³-hybridized carbons (Fsp3) is 0.186. The first-order chi connectivity index (χ1) is 46.5. The summed E-state index contributed by atoms with van der Waals surface area (Å²) in [6.45, 7) is 19.5. The number of nitrogens with zero attached hydrogens (tertiary/aromatic N) is 12. The van der Waals surface area contributed by atoms with E-state index >= 15 is 0 Å². The molecule has 96 heavy (non-hydrogen) atoms. The smallest absolute Gasteiger partial charge is 0.257 e. The Morgan fingerprint density at radius 3 is 1.08 bits per heavy atom. The van der Waals surface area contributed by atoms with E-state index < -0.39 is 0 Å². The third kappa shape index (κ3) is 18.8. The maximum Gasteiger partial charge on any atom is 0.257 e. The molecule has 3 N–H and O–H groups in total. The minimum atomic E-state index is -0.220. The second kappa shape index (κ2) is 33.2. The van der Waals surface area contributed by atoms with Crippen molar-refractivity contribution in [1.29, 1.82) is 0 Å². The summed E-state index contributed by atoms with van der Waals surface area (Å²) < 4.78 is 16.8. The molecule has 0 aliphatic heterocycles. The van der Waals surface area contributed by atoms with Gasteiger partial charge in [-0.15, -0.1) is 34.0 Å². The molecule has 486 valence electrons. The maximum atomic E-state index is 12.4. The summed E-state index contributed by atoms with van der Waals surface area (Å²) in [5.41, 5.74) is 14.6. The Bertz CT molecular complexity index is 4340. The summed E-state index contributed by atoms with van der Waals surface area (Å²) in [4.78, 5) is 90.9. The van der Waals surface area contributed by atoms with Crippen LogP contribution in [0.2, 0.25) is 0 Å². The van der Waals surface area contributed by atoms with Crippen molar-refractivity contribution < 1.29 is 28.6 Å². The number of amides is 3. The SMILES string of the molecule is CCCOc1cnc(Oc2cc(C)c(-c3csc(NC(=O)c4ccncc4)n3)c(C)c2)cn1.CCCOc1cnc(Sc2cc(C)c(-c3csc(NC(=O)c4ccncc4)n3)c(C)c2)cn1.Cc1cnc(Sc2cc(C)c(-c3csc(NC(=O)c4ccncc4)n3)c(C)c2)cn1. The predicted molar refractivity (Wildman–Crippen MR) is 378 cm³/mol. The number of carbonyl (C=O) groups is 3. The van der Waals surface area contributed by atoms with E-state index in [1.165, 1.54) is 34.0 Å². The number of rotatable bonds is 21. The van der Waals surface area contributed by atoms with Crippen LogP contribution in [-0.2, 0) is 0 Å². The Hall–Kier alpha value is -10.3. The lowest BCUT2D eigenvalue weighted by Crippen LogP contribution is -2.11. The van der Waals surface area contributed by atoms with Crippen LogP contribution < -0.4 is 30.2 Å². The molecular formula is C70H65N15O6S5. The van der Waals surface area contributed by atoms with E-state index in [2.05, 4.69) is 135 Å². The average molecular weight is 1370 g/mol. The van der Waals surface area contributed by atoms with Gasteiger partial charge in [0.2, 0.25) is 17.6 Å². The van der Waals surface area contributed by atoms with Crippen LogP contribution in [0.4, 0.5) is 15.4 Å². The van der Waals surface area contributed by atoms with Crippen molar-refractivity contribution in [3.8, 4) is 57.2 Å². The van der Waals surface area contributed by atoms with Crippen molar-refractivity contribution in [2.75, 3.05) is 29.2 Å². The van der Waals surface area contributed by atoms with E-state index in [4.69, 9.17) is 14.2 Å². The monoisotopic (exact) mass is 1370 g/mol. The van der Waals surface area contributed by atoms with Crippen LogP contribution in [0.25, 0.3) is 33.8 Å². The van der Waals surface area contributed by atoms with Crippen LogP contribution in [0.1, 0.15) is 96.8 Å². The Balaban J connectivity index is 0.000000157. The van der Waals surface area contributed by atoms with E-state index in [9.17, 15) is 14.4 Å². The number of pyridine rings is 3. The molecule has 12 aromatic rings. The molecule has 0 fully saturated rings. The molecule has 3 aromatic carbocycles. The highest BCUT2D eigenvalue weighted by Gasteiger charge is 2.19. The molecule has 9 heterocycles. The molecule has 0 atom stereocenters. The topological polar surface area (TPSA) is 270 Å². The third-order valence-corrected chi connectivity index (χ3v) is 17.9. The number of aryl methyl sites for hydroxylation is 7. The van der Waals surface area contributed by atoms with Crippen molar-refractivity contribution in [2.45, 2.75) is 95.0 Å². The minimum absolute atomic E-state index is 0.197. The highest BCUT2D eigenvalue weighted by atomic mass is 32.2. The van der Waals surface area contributed by atoms with Gasteiger partial charge in [-0.2, -0.15) is 0 Å². The second-order valence-electron chi connectivity index (χ2n) is 21.4. The molecule has 12 rings (SSSR count). The Labute approximate surface area is 575 Å². The molecular weight excluding hydrogens is 1310 g/mol. The second-order valence-corrected chi connectivity index (χ2v) is 26.1. The van der Waals surface area contributed by atoms with E-state index in [0.717, 1.165) is 106 Å². The van der Waals surface area contributed by atoms with Crippen LogP contribution in [0.5, 0.6) is 23.4 Å². The molecule has 0 bridgehead atoms. The van der Waals surface area contributed by atoms with Gasteiger partial charge in [-0.05, 0) is 167 Å². The molecule has 3 amide bonds. The summed E-state index contributed by atoms with van der Waals surface area (Å²) in [5, 5.41) is 17.7. The number of hydrogen-bond acceptors (Lipinski definition) is 23. The van der Waals surface area contributed by atoms with E-state index in [0.29, 0.717) is 68.7 Å². The number of nitrogens with one attached hydrogen (secondary N) is 3. The van der Waals surface area contributed by atoms with Crippen LogP contribution in [0.15, 0.2) is 183 Å². The van der Waals surface area contributed by atoms with Crippen LogP contribution in [0, 0.1) is 48.5 Å². The van der Waals surface area contributed by atoms with Crippen LogP contribution in [-0.4, -0.2) is 90.7 Å². The zero-order valence-electron chi connectivity index (χ0n) is 53.8. The van der Waals surface area contributed by atoms with Crippen molar-refractivity contribution in [3.05, 3.63) is 219 Å².